The molecule has 2 atom stereocenters. The minimum absolute atomic E-state index is 0.333. The van der Waals surface area contributed by atoms with Gasteiger partial charge in [-0.3, -0.25) is 0 Å². The third-order valence-corrected chi connectivity index (χ3v) is 3.46. The molecule has 1 fully saturated rings. The fraction of sp³-hybridized carbons (Fsp3) is 0.538. The number of rotatable bonds is 2. The fourth-order valence-corrected chi connectivity index (χ4v) is 2.33. The van der Waals surface area contributed by atoms with E-state index in [0.717, 1.165) is 25.1 Å². The second-order valence-corrected chi connectivity index (χ2v) is 4.71. The molecule has 2 nitrogen and oxygen atoms in total. The molecule has 0 radical (unpaired) electrons. The first-order valence-electron chi connectivity index (χ1n) is 5.61. The number of nitrogens with one attached hydrogen (secondary N) is 1. The van der Waals surface area contributed by atoms with Crippen LogP contribution < -0.4 is 5.32 Å². The zero-order valence-electron chi connectivity index (χ0n) is 9.46. The van der Waals surface area contributed by atoms with Gasteiger partial charge in [-0.1, -0.05) is 29.8 Å². The molecule has 1 aromatic rings. The molecular formula is C13H19NO. The highest BCUT2D eigenvalue weighted by atomic mass is 16.3. The molecule has 2 unspecified atom stereocenters. The maximum atomic E-state index is 10.6. The molecule has 0 bridgehead atoms. The Hall–Kier alpha value is -0.860. The van der Waals surface area contributed by atoms with Gasteiger partial charge in [0.15, 0.2) is 0 Å². The minimum Gasteiger partial charge on any atom is -0.385 e. The number of aliphatic hydroxyl groups is 1. The van der Waals surface area contributed by atoms with Gasteiger partial charge in [0.2, 0.25) is 0 Å². The molecule has 15 heavy (non-hydrogen) atoms. The predicted octanol–water partition coefficient (Wildman–Crippen LogP) is 1.81. The molecule has 0 saturated carbocycles. The van der Waals surface area contributed by atoms with Gasteiger partial charge >= 0.3 is 0 Å². The van der Waals surface area contributed by atoms with Gasteiger partial charge in [-0.25, -0.2) is 0 Å². The smallest absolute Gasteiger partial charge is 0.0909 e. The van der Waals surface area contributed by atoms with Crippen molar-refractivity contribution in [3.8, 4) is 0 Å². The molecule has 0 aromatic heterocycles. The van der Waals surface area contributed by atoms with E-state index in [1.807, 2.05) is 19.1 Å². The normalized spacial score (nSPS) is 25.1. The Kier molecular flexibility index (Phi) is 2.81. The van der Waals surface area contributed by atoms with Crippen LogP contribution in [-0.4, -0.2) is 18.2 Å². The highest BCUT2D eigenvalue weighted by Crippen LogP contribution is 2.33. The van der Waals surface area contributed by atoms with E-state index >= 15 is 0 Å². The molecule has 1 aromatic carbocycles. The predicted molar refractivity (Wildman–Crippen MR) is 61.7 cm³/mol. The summed E-state index contributed by atoms with van der Waals surface area (Å²) in [6, 6.07) is 8.18. The van der Waals surface area contributed by atoms with Crippen LogP contribution in [0.3, 0.4) is 0 Å². The Morgan fingerprint density at radius 3 is 2.87 bits per heavy atom. The van der Waals surface area contributed by atoms with Gasteiger partial charge < -0.3 is 10.4 Å². The van der Waals surface area contributed by atoms with E-state index in [1.54, 1.807) is 0 Å². The average molecular weight is 205 g/mol. The van der Waals surface area contributed by atoms with Crippen LogP contribution >= 0.6 is 0 Å². The van der Waals surface area contributed by atoms with Crippen molar-refractivity contribution in [2.75, 3.05) is 13.1 Å². The van der Waals surface area contributed by atoms with Crippen LogP contribution in [0.1, 0.15) is 24.5 Å². The van der Waals surface area contributed by atoms with Gasteiger partial charge in [-0.05, 0) is 32.4 Å². The summed E-state index contributed by atoms with van der Waals surface area (Å²) in [4.78, 5) is 0. The van der Waals surface area contributed by atoms with Crippen LogP contribution in [0, 0.1) is 12.8 Å². The summed E-state index contributed by atoms with van der Waals surface area (Å²) >= 11 is 0. The SMILES string of the molecule is Cc1cccc(C(C)(O)C2CCNC2)c1. The van der Waals surface area contributed by atoms with Crippen LogP contribution in [0.2, 0.25) is 0 Å². The zero-order chi connectivity index (χ0) is 10.9. The molecule has 2 rings (SSSR count). The molecular weight excluding hydrogens is 186 g/mol. The lowest BCUT2D eigenvalue weighted by Gasteiger charge is -2.30. The summed E-state index contributed by atoms with van der Waals surface area (Å²) in [6.07, 6.45) is 1.06. The molecule has 1 aliphatic rings. The second-order valence-electron chi connectivity index (χ2n) is 4.71. The largest absolute Gasteiger partial charge is 0.385 e. The van der Waals surface area contributed by atoms with Gasteiger partial charge in [-0.2, -0.15) is 0 Å². The zero-order valence-corrected chi connectivity index (χ0v) is 9.46. The van der Waals surface area contributed by atoms with Crippen molar-refractivity contribution in [3.63, 3.8) is 0 Å². The van der Waals surface area contributed by atoms with Gasteiger partial charge in [-0.15, -0.1) is 0 Å². The molecule has 0 amide bonds. The van der Waals surface area contributed by atoms with Gasteiger partial charge in [0.05, 0.1) is 5.60 Å². The topological polar surface area (TPSA) is 32.3 Å². The Labute approximate surface area is 91.3 Å². The quantitative estimate of drug-likeness (QED) is 0.772. The molecule has 1 heterocycles. The minimum atomic E-state index is -0.699. The van der Waals surface area contributed by atoms with Gasteiger partial charge in [0, 0.05) is 12.5 Å². The number of hydrogen-bond donors (Lipinski definition) is 2. The van der Waals surface area contributed by atoms with Crippen molar-refractivity contribution in [1.29, 1.82) is 0 Å². The summed E-state index contributed by atoms with van der Waals surface area (Å²) < 4.78 is 0. The van der Waals surface area contributed by atoms with Crippen LogP contribution in [0.25, 0.3) is 0 Å². The summed E-state index contributed by atoms with van der Waals surface area (Å²) in [5.41, 5.74) is 1.55. The maximum absolute atomic E-state index is 10.6. The van der Waals surface area contributed by atoms with Crippen molar-refractivity contribution in [2.24, 2.45) is 5.92 Å². The monoisotopic (exact) mass is 205 g/mol. The van der Waals surface area contributed by atoms with Crippen LogP contribution in [0.4, 0.5) is 0 Å². The van der Waals surface area contributed by atoms with E-state index in [9.17, 15) is 5.11 Å². The third-order valence-electron chi connectivity index (χ3n) is 3.46. The summed E-state index contributed by atoms with van der Waals surface area (Å²) in [5, 5.41) is 13.9. The first kappa shape index (κ1) is 10.7. The van der Waals surface area contributed by atoms with E-state index in [0.29, 0.717) is 5.92 Å². The molecule has 82 valence electrons. The molecule has 2 heteroatoms. The third kappa shape index (κ3) is 2.06. The van der Waals surface area contributed by atoms with E-state index in [4.69, 9.17) is 0 Å². The first-order valence-corrected chi connectivity index (χ1v) is 5.61. The van der Waals surface area contributed by atoms with Gasteiger partial charge in [0.1, 0.15) is 0 Å². The second kappa shape index (κ2) is 3.95. The van der Waals surface area contributed by atoms with Crippen molar-refractivity contribution >= 4 is 0 Å². The van der Waals surface area contributed by atoms with E-state index in [1.165, 1.54) is 5.56 Å². The number of hydrogen-bond acceptors (Lipinski definition) is 2. The first-order chi connectivity index (χ1) is 7.10. The summed E-state index contributed by atoms with van der Waals surface area (Å²) in [5.74, 6) is 0.333. The lowest BCUT2D eigenvalue weighted by Crippen LogP contribution is -2.33. The van der Waals surface area contributed by atoms with E-state index < -0.39 is 5.60 Å². The lowest BCUT2D eigenvalue weighted by atomic mass is 9.82. The van der Waals surface area contributed by atoms with Crippen molar-refractivity contribution in [2.45, 2.75) is 25.9 Å². The Balaban J connectivity index is 2.27. The number of aryl methyl sites for hydroxylation is 1. The average Bonchev–Trinajstić information content (AvgIpc) is 2.71. The highest BCUT2D eigenvalue weighted by Gasteiger charge is 2.35. The van der Waals surface area contributed by atoms with E-state index in [2.05, 4.69) is 24.4 Å². The number of benzene rings is 1. The molecule has 2 N–H and O–H groups in total. The standard InChI is InChI=1S/C13H19NO/c1-10-4-3-5-11(8-10)13(2,15)12-6-7-14-9-12/h3-5,8,12,14-15H,6-7,9H2,1-2H3. The molecule has 1 saturated heterocycles. The van der Waals surface area contributed by atoms with Crippen molar-refractivity contribution < 1.29 is 5.11 Å². The van der Waals surface area contributed by atoms with Crippen molar-refractivity contribution in [3.05, 3.63) is 35.4 Å². The Morgan fingerprint density at radius 2 is 2.27 bits per heavy atom. The summed E-state index contributed by atoms with van der Waals surface area (Å²) in [6.45, 7) is 5.93. The van der Waals surface area contributed by atoms with Crippen molar-refractivity contribution in [1.82, 2.24) is 5.32 Å². The lowest BCUT2D eigenvalue weighted by molar-refractivity contribution is 0.00212. The fourth-order valence-electron chi connectivity index (χ4n) is 2.33. The van der Waals surface area contributed by atoms with Gasteiger partial charge in [0.25, 0.3) is 0 Å². The van der Waals surface area contributed by atoms with Crippen LogP contribution in [-0.2, 0) is 5.60 Å². The van der Waals surface area contributed by atoms with E-state index in [-0.39, 0.29) is 0 Å². The van der Waals surface area contributed by atoms with Crippen LogP contribution in [0.5, 0.6) is 0 Å². The summed E-state index contributed by atoms with van der Waals surface area (Å²) in [7, 11) is 0. The Bertz CT molecular complexity index is 340. The molecule has 0 spiro atoms. The highest BCUT2D eigenvalue weighted by molar-refractivity contribution is 5.27. The maximum Gasteiger partial charge on any atom is 0.0909 e. The van der Waals surface area contributed by atoms with Crippen LogP contribution in [0.15, 0.2) is 24.3 Å². The Morgan fingerprint density at radius 1 is 1.47 bits per heavy atom. The molecule has 1 aliphatic heterocycles. The molecule has 0 aliphatic carbocycles.